The number of carbonyl (C=O) groups excluding carboxylic acids is 2. The van der Waals surface area contributed by atoms with E-state index in [1.807, 2.05) is 30.3 Å². The Labute approximate surface area is 172 Å². The summed E-state index contributed by atoms with van der Waals surface area (Å²) in [6, 6.07) is 9.51. The highest BCUT2D eigenvalue weighted by Gasteiger charge is 2.26. The Morgan fingerprint density at radius 3 is 2.83 bits per heavy atom. The van der Waals surface area contributed by atoms with Crippen molar-refractivity contribution in [2.24, 2.45) is 0 Å². The van der Waals surface area contributed by atoms with Crippen LogP contribution < -0.4 is 5.32 Å². The molecule has 0 aliphatic carbocycles. The van der Waals surface area contributed by atoms with E-state index in [0.29, 0.717) is 30.9 Å². The van der Waals surface area contributed by atoms with Crippen molar-refractivity contribution in [3.8, 4) is 0 Å². The normalized spacial score (nSPS) is 14.0. The van der Waals surface area contributed by atoms with Gasteiger partial charge in [0.05, 0.1) is 18.0 Å². The summed E-state index contributed by atoms with van der Waals surface area (Å²) in [5.41, 5.74) is 3.77. The van der Waals surface area contributed by atoms with E-state index in [1.54, 1.807) is 4.90 Å². The van der Waals surface area contributed by atoms with Gasteiger partial charge in [0.2, 0.25) is 5.91 Å². The van der Waals surface area contributed by atoms with E-state index in [2.05, 4.69) is 20.5 Å². The highest BCUT2D eigenvalue weighted by atomic mass is 32.2. The van der Waals surface area contributed by atoms with Crippen LogP contribution in [0.1, 0.15) is 33.9 Å². The topological polar surface area (TPSA) is 148 Å². The van der Waals surface area contributed by atoms with E-state index >= 15 is 0 Å². The maximum atomic E-state index is 13.0. The molecule has 3 heterocycles. The zero-order valence-electron chi connectivity index (χ0n) is 16.0. The van der Waals surface area contributed by atoms with Gasteiger partial charge >= 0.3 is 0 Å². The summed E-state index contributed by atoms with van der Waals surface area (Å²) in [6.07, 6.45) is 0.279. The van der Waals surface area contributed by atoms with Crippen molar-refractivity contribution in [1.29, 1.82) is 0 Å². The quantitative estimate of drug-likeness (QED) is 0.428. The molecule has 4 N–H and O–H groups in total. The highest BCUT2D eigenvalue weighted by Crippen LogP contribution is 2.23. The molecule has 0 atom stereocenters. The number of para-hydroxylation sites is 1. The number of nitrogens with one attached hydrogen (secondary N) is 3. The van der Waals surface area contributed by atoms with Crippen LogP contribution in [0, 0.1) is 0 Å². The van der Waals surface area contributed by atoms with E-state index in [1.165, 1.54) is 0 Å². The predicted molar refractivity (Wildman–Crippen MR) is 108 cm³/mol. The first-order valence-electron chi connectivity index (χ1n) is 9.44. The molecule has 0 saturated heterocycles. The van der Waals surface area contributed by atoms with Gasteiger partial charge in [0, 0.05) is 48.1 Å². The van der Waals surface area contributed by atoms with Crippen molar-refractivity contribution < 1.29 is 22.6 Å². The van der Waals surface area contributed by atoms with Gasteiger partial charge in [0.1, 0.15) is 5.69 Å². The summed E-state index contributed by atoms with van der Waals surface area (Å²) in [6.45, 7) is 1.00. The number of nitrogens with zero attached hydrogens (tertiary/aromatic N) is 2. The summed E-state index contributed by atoms with van der Waals surface area (Å²) in [5, 5.41) is 10.7. The van der Waals surface area contributed by atoms with Crippen molar-refractivity contribution in [3.05, 3.63) is 53.0 Å². The standard InChI is InChI=1S/C19H21N5O5S/c25-18(6-8-30(27,28)29)20-10-17-13-11-24(7-5-15(13)22-23-17)19(26)16-9-12-3-1-2-4-14(12)21-16/h1-4,9,21H,5-8,10-11H2,(H,20,25)(H,22,23)(H,27,28,29). The van der Waals surface area contributed by atoms with Gasteiger partial charge in [0.25, 0.3) is 16.0 Å². The van der Waals surface area contributed by atoms with Gasteiger partial charge in [-0.3, -0.25) is 19.2 Å². The van der Waals surface area contributed by atoms with E-state index in [4.69, 9.17) is 4.55 Å². The first-order valence-corrected chi connectivity index (χ1v) is 11.0. The van der Waals surface area contributed by atoms with Gasteiger partial charge in [-0.15, -0.1) is 0 Å². The van der Waals surface area contributed by atoms with Crippen LogP contribution in [0.5, 0.6) is 0 Å². The Bertz CT molecular complexity index is 1180. The molecule has 1 aliphatic rings. The van der Waals surface area contributed by atoms with E-state index in [9.17, 15) is 18.0 Å². The Morgan fingerprint density at radius 2 is 2.07 bits per heavy atom. The van der Waals surface area contributed by atoms with Crippen LogP contribution >= 0.6 is 0 Å². The van der Waals surface area contributed by atoms with Crippen molar-refractivity contribution in [2.75, 3.05) is 12.3 Å². The van der Waals surface area contributed by atoms with Crippen LogP contribution in [-0.4, -0.2) is 57.2 Å². The molecular weight excluding hydrogens is 410 g/mol. The molecule has 1 aromatic carbocycles. The fourth-order valence-corrected chi connectivity index (χ4v) is 3.97. The zero-order valence-corrected chi connectivity index (χ0v) is 16.8. The van der Waals surface area contributed by atoms with Gasteiger partial charge in [-0.25, -0.2) is 0 Å². The molecule has 0 saturated carbocycles. The molecule has 0 fully saturated rings. The van der Waals surface area contributed by atoms with Gasteiger partial charge in [-0.2, -0.15) is 13.5 Å². The number of fused-ring (bicyclic) bond motifs is 2. The minimum atomic E-state index is -4.19. The molecule has 30 heavy (non-hydrogen) atoms. The van der Waals surface area contributed by atoms with Crippen molar-refractivity contribution >= 4 is 32.8 Å². The van der Waals surface area contributed by atoms with E-state index in [0.717, 1.165) is 22.2 Å². The number of aromatic nitrogens is 3. The minimum absolute atomic E-state index is 0.102. The fourth-order valence-electron chi connectivity index (χ4n) is 3.53. The second-order valence-electron chi connectivity index (χ2n) is 7.19. The van der Waals surface area contributed by atoms with Crippen molar-refractivity contribution in [1.82, 2.24) is 25.4 Å². The molecule has 1 aliphatic heterocycles. The fraction of sp³-hybridized carbons (Fsp3) is 0.316. The van der Waals surface area contributed by atoms with Crippen LogP contribution in [-0.2, 0) is 34.4 Å². The Balaban J connectivity index is 1.42. The smallest absolute Gasteiger partial charge is 0.270 e. The second kappa shape index (κ2) is 7.92. The summed E-state index contributed by atoms with van der Waals surface area (Å²) >= 11 is 0. The highest BCUT2D eigenvalue weighted by molar-refractivity contribution is 7.85. The van der Waals surface area contributed by atoms with Crippen molar-refractivity contribution in [2.45, 2.75) is 25.9 Å². The molecule has 2 amide bonds. The maximum absolute atomic E-state index is 13.0. The lowest BCUT2D eigenvalue weighted by molar-refractivity contribution is -0.120. The number of amides is 2. The molecule has 158 valence electrons. The van der Waals surface area contributed by atoms with E-state index < -0.39 is 21.8 Å². The number of hydrogen-bond acceptors (Lipinski definition) is 5. The summed E-state index contributed by atoms with van der Waals surface area (Å²) < 4.78 is 30.2. The lowest BCUT2D eigenvalue weighted by atomic mass is 10.0. The number of H-pyrrole nitrogens is 2. The van der Waals surface area contributed by atoms with Gasteiger partial charge in [0.15, 0.2) is 0 Å². The Hall–Kier alpha value is -3.18. The number of hydrogen-bond donors (Lipinski definition) is 4. The van der Waals surface area contributed by atoms with Crippen LogP contribution in [0.3, 0.4) is 0 Å². The predicted octanol–water partition coefficient (Wildman–Crippen LogP) is 0.984. The Morgan fingerprint density at radius 1 is 1.27 bits per heavy atom. The molecule has 11 heteroatoms. The molecule has 0 radical (unpaired) electrons. The van der Waals surface area contributed by atoms with Crippen LogP contribution in [0.2, 0.25) is 0 Å². The molecule has 0 spiro atoms. The average Bonchev–Trinajstić information content (AvgIpc) is 3.33. The van der Waals surface area contributed by atoms with E-state index in [-0.39, 0.29) is 18.9 Å². The lowest BCUT2D eigenvalue weighted by Crippen LogP contribution is -2.36. The Kier molecular flexibility index (Phi) is 5.31. The third-order valence-corrected chi connectivity index (χ3v) is 5.83. The maximum Gasteiger partial charge on any atom is 0.270 e. The zero-order chi connectivity index (χ0) is 21.3. The molecule has 3 aromatic rings. The molecule has 10 nitrogen and oxygen atoms in total. The molecule has 0 bridgehead atoms. The van der Waals surface area contributed by atoms with Gasteiger partial charge in [-0.1, -0.05) is 18.2 Å². The average molecular weight is 431 g/mol. The first kappa shape index (κ1) is 20.1. The van der Waals surface area contributed by atoms with Gasteiger partial charge < -0.3 is 15.2 Å². The largest absolute Gasteiger partial charge is 0.351 e. The van der Waals surface area contributed by atoms with Crippen LogP contribution in [0.25, 0.3) is 10.9 Å². The molecular formula is C19H21N5O5S. The number of carbonyl (C=O) groups is 2. The third-order valence-electron chi connectivity index (χ3n) is 5.11. The number of aromatic amines is 2. The third kappa shape index (κ3) is 4.36. The van der Waals surface area contributed by atoms with Crippen LogP contribution in [0.4, 0.5) is 0 Å². The molecule has 0 unspecified atom stereocenters. The summed E-state index contributed by atoms with van der Waals surface area (Å²) in [7, 11) is -4.19. The molecule has 4 rings (SSSR count). The second-order valence-corrected chi connectivity index (χ2v) is 8.76. The summed E-state index contributed by atoms with van der Waals surface area (Å²) in [4.78, 5) is 29.7. The monoisotopic (exact) mass is 431 g/mol. The first-order chi connectivity index (χ1) is 14.3. The summed E-state index contributed by atoms with van der Waals surface area (Å²) in [5.74, 6) is -1.25. The molecule has 2 aromatic heterocycles. The SMILES string of the molecule is O=C(CCS(=O)(=O)O)NCc1n[nH]c2c1CN(C(=O)c1cc3ccccc3[nH]1)CC2. The van der Waals surface area contributed by atoms with Crippen molar-refractivity contribution in [3.63, 3.8) is 0 Å². The minimum Gasteiger partial charge on any atom is -0.351 e. The van der Waals surface area contributed by atoms with Crippen LogP contribution in [0.15, 0.2) is 30.3 Å². The number of rotatable bonds is 6. The number of benzene rings is 1. The van der Waals surface area contributed by atoms with Gasteiger partial charge in [-0.05, 0) is 12.1 Å². The lowest BCUT2D eigenvalue weighted by Gasteiger charge is -2.26.